The molecule has 0 saturated carbocycles. The standard InChI is InChI=1S/C22H24N4/c1-5-20(17-10-9-13-19(16-17)25(2)3)22-24-21(14-15-26(22)4)23-18-11-7-6-8-12-18/h5-16H,1H2,2-4H3,(H,23,24)/b22-20+. The first-order valence-electron chi connectivity index (χ1n) is 8.55. The lowest BCUT2D eigenvalue weighted by Crippen LogP contribution is -2.21. The second-order valence-corrected chi connectivity index (χ2v) is 6.30. The second kappa shape index (κ2) is 7.74. The molecule has 1 aliphatic rings. The zero-order valence-electron chi connectivity index (χ0n) is 15.5. The van der Waals surface area contributed by atoms with Gasteiger partial charge in [-0.15, -0.1) is 0 Å². The van der Waals surface area contributed by atoms with Crippen LogP contribution in [0.5, 0.6) is 0 Å². The Hall–Kier alpha value is -3.27. The number of nitrogens with one attached hydrogen (secondary N) is 1. The maximum absolute atomic E-state index is 4.82. The van der Waals surface area contributed by atoms with Gasteiger partial charge in [0.05, 0.1) is 0 Å². The van der Waals surface area contributed by atoms with Crippen molar-refractivity contribution in [2.75, 3.05) is 31.4 Å². The van der Waals surface area contributed by atoms with Gasteiger partial charge in [0.25, 0.3) is 0 Å². The highest BCUT2D eigenvalue weighted by Crippen LogP contribution is 2.27. The second-order valence-electron chi connectivity index (χ2n) is 6.30. The Morgan fingerprint density at radius 2 is 1.88 bits per heavy atom. The summed E-state index contributed by atoms with van der Waals surface area (Å²) in [5.74, 6) is 1.66. The SMILES string of the molecule is C=C/C(=C1/N=C(Nc2ccccc2)C=CN1C)c1cccc(N(C)C)c1. The Balaban J connectivity index is 2.00. The summed E-state index contributed by atoms with van der Waals surface area (Å²) < 4.78 is 0. The number of hydrogen-bond donors (Lipinski definition) is 1. The molecule has 0 spiro atoms. The van der Waals surface area contributed by atoms with Gasteiger partial charge in [0.15, 0.2) is 0 Å². The molecular formula is C22H24N4. The summed E-state index contributed by atoms with van der Waals surface area (Å²) in [4.78, 5) is 8.92. The zero-order valence-corrected chi connectivity index (χ0v) is 15.5. The summed E-state index contributed by atoms with van der Waals surface area (Å²) in [5, 5.41) is 3.35. The fourth-order valence-corrected chi connectivity index (χ4v) is 2.76. The minimum Gasteiger partial charge on any atom is -0.378 e. The Morgan fingerprint density at radius 3 is 2.58 bits per heavy atom. The molecule has 0 saturated heterocycles. The highest BCUT2D eigenvalue weighted by Gasteiger charge is 2.14. The molecule has 2 aromatic rings. The van der Waals surface area contributed by atoms with E-state index >= 15 is 0 Å². The number of para-hydroxylation sites is 1. The molecule has 0 atom stereocenters. The van der Waals surface area contributed by atoms with Crippen molar-refractivity contribution < 1.29 is 0 Å². The first kappa shape index (κ1) is 17.5. The van der Waals surface area contributed by atoms with Crippen LogP contribution in [0.4, 0.5) is 11.4 Å². The minimum absolute atomic E-state index is 0.799. The van der Waals surface area contributed by atoms with E-state index in [1.165, 1.54) is 0 Å². The Labute approximate surface area is 155 Å². The molecule has 0 radical (unpaired) electrons. The molecule has 0 bridgehead atoms. The van der Waals surface area contributed by atoms with Crippen LogP contribution in [0.1, 0.15) is 5.56 Å². The fraction of sp³-hybridized carbons (Fsp3) is 0.136. The van der Waals surface area contributed by atoms with E-state index in [0.29, 0.717) is 0 Å². The molecular weight excluding hydrogens is 320 g/mol. The molecule has 26 heavy (non-hydrogen) atoms. The van der Waals surface area contributed by atoms with Gasteiger partial charge in [-0.05, 0) is 35.9 Å². The van der Waals surface area contributed by atoms with E-state index in [0.717, 1.165) is 34.2 Å². The van der Waals surface area contributed by atoms with E-state index in [1.54, 1.807) is 0 Å². The van der Waals surface area contributed by atoms with E-state index in [9.17, 15) is 0 Å². The van der Waals surface area contributed by atoms with Gasteiger partial charge >= 0.3 is 0 Å². The molecule has 3 rings (SSSR count). The molecule has 2 aromatic carbocycles. The Morgan fingerprint density at radius 1 is 1.12 bits per heavy atom. The number of allylic oxidation sites excluding steroid dienone is 2. The molecule has 0 aromatic heterocycles. The average Bonchev–Trinajstić information content (AvgIpc) is 2.66. The summed E-state index contributed by atoms with van der Waals surface area (Å²) in [7, 11) is 6.07. The van der Waals surface area contributed by atoms with Crippen molar-refractivity contribution in [1.82, 2.24) is 4.90 Å². The molecule has 132 valence electrons. The van der Waals surface area contributed by atoms with E-state index < -0.39 is 0 Å². The largest absolute Gasteiger partial charge is 0.378 e. The Kier molecular flexibility index (Phi) is 5.23. The van der Waals surface area contributed by atoms with Crippen LogP contribution in [-0.4, -0.2) is 31.9 Å². The van der Waals surface area contributed by atoms with E-state index in [2.05, 4.69) is 41.1 Å². The lowest BCUT2D eigenvalue weighted by atomic mass is 10.0. The topological polar surface area (TPSA) is 30.9 Å². The molecule has 0 aliphatic carbocycles. The quantitative estimate of drug-likeness (QED) is 0.881. The van der Waals surface area contributed by atoms with Crippen molar-refractivity contribution in [2.24, 2.45) is 4.99 Å². The molecule has 1 heterocycles. The highest BCUT2D eigenvalue weighted by atomic mass is 15.2. The number of benzene rings is 2. The number of rotatable bonds is 4. The Bertz CT molecular complexity index is 876. The van der Waals surface area contributed by atoms with Crippen LogP contribution in [0.15, 0.2) is 90.3 Å². The van der Waals surface area contributed by atoms with Crippen LogP contribution in [-0.2, 0) is 0 Å². The first-order valence-corrected chi connectivity index (χ1v) is 8.55. The van der Waals surface area contributed by atoms with Crippen LogP contribution in [0.3, 0.4) is 0 Å². The normalized spacial score (nSPS) is 15.3. The summed E-state index contributed by atoms with van der Waals surface area (Å²) in [5.41, 5.74) is 4.23. The maximum Gasteiger partial charge on any atom is 0.142 e. The van der Waals surface area contributed by atoms with Crippen molar-refractivity contribution in [3.8, 4) is 0 Å². The van der Waals surface area contributed by atoms with Crippen molar-refractivity contribution in [1.29, 1.82) is 0 Å². The zero-order chi connectivity index (χ0) is 18.5. The maximum atomic E-state index is 4.82. The van der Waals surface area contributed by atoms with Gasteiger partial charge < -0.3 is 15.1 Å². The van der Waals surface area contributed by atoms with Gasteiger partial charge in [-0.25, -0.2) is 4.99 Å². The third-order valence-corrected chi connectivity index (χ3v) is 4.18. The van der Waals surface area contributed by atoms with Gasteiger partial charge in [0, 0.05) is 44.3 Å². The first-order chi connectivity index (χ1) is 12.6. The highest BCUT2D eigenvalue weighted by molar-refractivity contribution is 6.05. The van der Waals surface area contributed by atoms with Gasteiger partial charge in [-0.1, -0.05) is 43.0 Å². The van der Waals surface area contributed by atoms with E-state index in [1.807, 2.05) is 74.7 Å². The van der Waals surface area contributed by atoms with Gasteiger partial charge in [-0.3, -0.25) is 0 Å². The molecule has 0 fully saturated rings. The van der Waals surface area contributed by atoms with Crippen LogP contribution < -0.4 is 10.2 Å². The van der Waals surface area contributed by atoms with Crippen LogP contribution in [0, 0.1) is 0 Å². The number of nitrogens with zero attached hydrogens (tertiary/aromatic N) is 3. The number of aliphatic imine (C=N–C) groups is 1. The average molecular weight is 344 g/mol. The predicted octanol–water partition coefficient (Wildman–Crippen LogP) is 4.58. The third-order valence-electron chi connectivity index (χ3n) is 4.18. The molecule has 1 aliphatic heterocycles. The van der Waals surface area contributed by atoms with Crippen molar-refractivity contribution in [3.63, 3.8) is 0 Å². The smallest absolute Gasteiger partial charge is 0.142 e. The van der Waals surface area contributed by atoms with Crippen LogP contribution in [0.2, 0.25) is 0 Å². The summed E-state index contributed by atoms with van der Waals surface area (Å²) >= 11 is 0. The fourth-order valence-electron chi connectivity index (χ4n) is 2.76. The van der Waals surface area contributed by atoms with Crippen molar-refractivity contribution >= 4 is 22.8 Å². The minimum atomic E-state index is 0.799. The third kappa shape index (κ3) is 3.86. The van der Waals surface area contributed by atoms with Crippen LogP contribution in [0.25, 0.3) is 5.57 Å². The molecule has 4 nitrogen and oxygen atoms in total. The molecule has 4 heteroatoms. The predicted molar refractivity (Wildman–Crippen MR) is 112 cm³/mol. The molecule has 1 N–H and O–H groups in total. The van der Waals surface area contributed by atoms with Gasteiger partial charge in [-0.2, -0.15) is 0 Å². The van der Waals surface area contributed by atoms with E-state index in [-0.39, 0.29) is 0 Å². The number of anilines is 2. The van der Waals surface area contributed by atoms with Crippen molar-refractivity contribution in [3.05, 3.63) is 90.9 Å². The lowest BCUT2D eigenvalue weighted by molar-refractivity contribution is 0.561. The summed E-state index contributed by atoms with van der Waals surface area (Å²) in [6.07, 6.45) is 5.84. The van der Waals surface area contributed by atoms with Crippen LogP contribution >= 0.6 is 0 Å². The molecule has 0 amide bonds. The lowest BCUT2D eigenvalue weighted by Gasteiger charge is -2.23. The number of amidine groups is 1. The van der Waals surface area contributed by atoms with Gasteiger partial charge in [0.2, 0.25) is 0 Å². The summed E-state index contributed by atoms with van der Waals surface area (Å²) in [6.45, 7) is 4.02. The van der Waals surface area contributed by atoms with Gasteiger partial charge in [0.1, 0.15) is 11.7 Å². The monoisotopic (exact) mass is 344 g/mol. The van der Waals surface area contributed by atoms with E-state index in [4.69, 9.17) is 4.99 Å². The van der Waals surface area contributed by atoms with Crippen molar-refractivity contribution in [2.45, 2.75) is 0 Å². The number of hydrogen-bond acceptors (Lipinski definition) is 4. The molecule has 0 unspecified atom stereocenters. The summed E-state index contributed by atoms with van der Waals surface area (Å²) in [6, 6.07) is 18.4.